The number of hydrazine groups is 1. The average Bonchev–Trinajstić information content (AvgIpc) is 2.19. The Bertz CT molecular complexity index is 297. The van der Waals surface area contributed by atoms with E-state index in [2.05, 4.69) is 15.5 Å². The molecule has 1 rings (SSSR count). The van der Waals surface area contributed by atoms with Crippen molar-refractivity contribution in [2.75, 3.05) is 24.5 Å². The lowest BCUT2D eigenvalue weighted by atomic mass is 10.3. The van der Waals surface area contributed by atoms with Crippen LogP contribution in [-0.4, -0.2) is 19.6 Å². The maximum atomic E-state index is 11.1. The van der Waals surface area contributed by atoms with Crippen molar-refractivity contribution in [2.45, 2.75) is 0 Å². The van der Waals surface area contributed by atoms with Gasteiger partial charge in [0, 0.05) is 18.5 Å². The van der Waals surface area contributed by atoms with Gasteiger partial charge in [0.25, 0.3) is 0 Å². The molecule has 0 bridgehead atoms. The number of nitrogens with one attached hydrogen (secondary N) is 2. The minimum atomic E-state index is -0.180. The van der Waals surface area contributed by atoms with Crippen molar-refractivity contribution in [1.82, 2.24) is 0 Å². The number of nitrogen functional groups attached to an aromatic ring is 1. The van der Waals surface area contributed by atoms with E-state index in [9.17, 15) is 4.79 Å². The molecule has 5 heteroatoms. The molecule has 0 fully saturated rings. The fraction of sp³-hybridized carbons (Fsp3) is 0.222. The zero-order chi connectivity index (χ0) is 10.4. The summed E-state index contributed by atoms with van der Waals surface area (Å²) in [6, 6.07) is 7.04. The highest BCUT2D eigenvalue weighted by Crippen LogP contribution is 2.11. The monoisotopic (exact) mass is 195 g/mol. The average molecular weight is 195 g/mol. The Morgan fingerprint density at radius 2 is 1.93 bits per heavy atom. The zero-order valence-corrected chi connectivity index (χ0v) is 7.91. The lowest BCUT2D eigenvalue weighted by Gasteiger charge is -2.05. The van der Waals surface area contributed by atoms with E-state index < -0.39 is 0 Å². The zero-order valence-electron chi connectivity index (χ0n) is 7.91. The van der Waals surface area contributed by atoms with Gasteiger partial charge in [-0.2, -0.15) is 0 Å². The third-order valence-electron chi connectivity index (χ3n) is 1.61. The van der Waals surface area contributed by atoms with Crippen molar-refractivity contribution in [2.24, 2.45) is 5.84 Å². The number of hydrogen-bond acceptors (Lipinski definition) is 4. The maximum Gasteiger partial charge on any atom is 0.250 e. The van der Waals surface area contributed by atoms with Crippen molar-refractivity contribution in [3.8, 4) is 0 Å². The molecule has 0 aliphatic rings. The molecule has 0 atom stereocenters. The fourth-order valence-corrected chi connectivity index (χ4v) is 0.978. The lowest BCUT2D eigenvalue weighted by molar-refractivity contribution is -0.119. The third kappa shape index (κ3) is 3.04. The van der Waals surface area contributed by atoms with E-state index in [1.165, 1.54) is 7.11 Å². The number of carbonyl (C=O) groups excluding carboxylic acids is 1. The molecule has 0 unspecified atom stereocenters. The molecule has 4 N–H and O–H groups in total. The van der Waals surface area contributed by atoms with Crippen molar-refractivity contribution >= 4 is 17.3 Å². The molecular formula is C9H13N3O2. The summed E-state index contributed by atoms with van der Waals surface area (Å²) >= 11 is 0. The summed E-state index contributed by atoms with van der Waals surface area (Å²) in [5.74, 6) is 5.01. The van der Waals surface area contributed by atoms with Gasteiger partial charge in [-0.1, -0.05) is 0 Å². The normalized spacial score (nSPS) is 9.57. The summed E-state index contributed by atoms with van der Waals surface area (Å²) in [4.78, 5) is 11.1. The number of methoxy groups -OCH3 is 1. The van der Waals surface area contributed by atoms with Crippen LogP contribution in [0.1, 0.15) is 0 Å². The van der Waals surface area contributed by atoms with Crippen LogP contribution < -0.4 is 16.6 Å². The predicted octanol–water partition coefficient (Wildman–Crippen LogP) is 0.557. The summed E-state index contributed by atoms with van der Waals surface area (Å²) in [7, 11) is 1.47. The Labute approximate surface area is 82.2 Å². The van der Waals surface area contributed by atoms with Crippen LogP contribution in [0.2, 0.25) is 0 Å². The number of nitrogens with two attached hydrogens (primary N) is 1. The second kappa shape index (κ2) is 5.21. The van der Waals surface area contributed by atoms with Gasteiger partial charge in [0.05, 0.1) is 0 Å². The summed E-state index contributed by atoms with van der Waals surface area (Å²) < 4.78 is 4.68. The summed E-state index contributed by atoms with van der Waals surface area (Å²) in [6.45, 7) is 0.0525. The van der Waals surface area contributed by atoms with Gasteiger partial charge in [0.1, 0.15) is 6.61 Å². The fourth-order valence-electron chi connectivity index (χ4n) is 0.978. The second-order valence-corrected chi connectivity index (χ2v) is 2.70. The Morgan fingerprint density at radius 1 is 1.36 bits per heavy atom. The number of rotatable bonds is 4. The van der Waals surface area contributed by atoms with Gasteiger partial charge in [-0.05, 0) is 24.3 Å². The standard InChI is InChI=1S/C9H13N3O2/c1-14-6-9(13)11-7-2-4-8(12-10)5-3-7/h2-5,12H,6,10H2,1H3,(H,11,13). The lowest BCUT2D eigenvalue weighted by Crippen LogP contribution is -2.17. The van der Waals surface area contributed by atoms with Gasteiger partial charge in [0.15, 0.2) is 0 Å². The van der Waals surface area contributed by atoms with Crippen LogP contribution >= 0.6 is 0 Å². The van der Waals surface area contributed by atoms with Crippen molar-refractivity contribution in [3.63, 3.8) is 0 Å². The maximum absolute atomic E-state index is 11.1. The highest BCUT2D eigenvalue weighted by Gasteiger charge is 2.00. The summed E-state index contributed by atoms with van der Waals surface area (Å²) in [5, 5.41) is 2.66. The third-order valence-corrected chi connectivity index (χ3v) is 1.61. The van der Waals surface area contributed by atoms with E-state index in [1.807, 2.05) is 0 Å². The molecule has 0 saturated carbocycles. The van der Waals surface area contributed by atoms with E-state index in [1.54, 1.807) is 24.3 Å². The number of ether oxygens (including phenoxy) is 1. The largest absolute Gasteiger partial charge is 0.375 e. The van der Waals surface area contributed by atoms with Crippen LogP contribution in [0.5, 0.6) is 0 Å². The molecule has 0 aliphatic heterocycles. The first-order valence-corrected chi connectivity index (χ1v) is 4.11. The molecule has 5 nitrogen and oxygen atoms in total. The van der Waals surface area contributed by atoms with Gasteiger partial charge in [-0.15, -0.1) is 0 Å². The molecular weight excluding hydrogens is 182 g/mol. The van der Waals surface area contributed by atoms with Gasteiger partial charge in [-0.3, -0.25) is 10.6 Å². The molecule has 1 aromatic carbocycles. The van der Waals surface area contributed by atoms with E-state index in [-0.39, 0.29) is 12.5 Å². The Hall–Kier alpha value is -1.59. The first-order chi connectivity index (χ1) is 6.76. The molecule has 14 heavy (non-hydrogen) atoms. The minimum Gasteiger partial charge on any atom is -0.375 e. The molecule has 0 spiro atoms. The van der Waals surface area contributed by atoms with Crippen LogP contribution in [0.4, 0.5) is 11.4 Å². The summed E-state index contributed by atoms with van der Waals surface area (Å²) in [5.41, 5.74) is 4.00. The van der Waals surface area contributed by atoms with Crippen LogP contribution in [0.25, 0.3) is 0 Å². The number of anilines is 2. The first-order valence-electron chi connectivity index (χ1n) is 4.11. The van der Waals surface area contributed by atoms with Crippen molar-refractivity contribution < 1.29 is 9.53 Å². The SMILES string of the molecule is COCC(=O)Nc1ccc(NN)cc1. The topological polar surface area (TPSA) is 76.4 Å². The van der Waals surface area contributed by atoms with Crippen LogP contribution in [0, 0.1) is 0 Å². The van der Waals surface area contributed by atoms with E-state index in [0.717, 1.165) is 5.69 Å². The molecule has 0 heterocycles. The van der Waals surface area contributed by atoms with Gasteiger partial charge in [-0.25, -0.2) is 0 Å². The Morgan fingerprint density at radius 3 is 2.43 bits per heavy atom. The Kier molecular flexibility index (Phi) is 3.90. The van der Waals surface area contributed by atoms with Crippen molar-refractivity contribution in [3.05, 3.63) is 24.3 Å². The van der Waals surface area contributed by atoms with Gasteiger partial charge in [0.2, 0.25) is 5.91 Å². The molecule has 0 aromatic heterocycles. The van der Waals surface area contributed by atoms with Crippen LogP contribution in [0.3, 0.4) is 0 Å². The smallest absolute Gasteiger partial charge is 0.250 e. The molecule has 0 aliphatic carbocycles. The van der Waals surface area contributed by atoms with Gasteiger partial charge < -0.3 is 15.5 Å². The minimum absolute atomic E-state index is 0.0525. The number of amides is 1. The number of carbonyl (C=O) groups is 1. The molecule has 1 amide bonds. The van der Waals surface area contributed by atoms with Crippen LogP contribution in [0.15, 0.2) is 24.3 Å². The first kappa shape index (κ1) is 10.5. The number of hydrogen-bond donors (Lipinski definition) is 3. The second-order valence-electron chi connectivity index (χ2n) is 2.70. The van der Waals surface area contributed by atoms with Gasteiger partial charge >= 0.3 is 0 Å². The highest BCUT2D eigenvalue weighted by atomic mass is 16.5. The highest BCUT2D eigenvalue weighted by molar-refractivity contribution is 5.91. The Balaban J connectivity index is 2.55. The van der Waals surface area contributed by atoms with E-state index >= 15 is 0 Å². The van der Waals surface area contributed by atoms with E-state index in [4.69, 9.17) is 5.84 Å². The summed E-state index contributed by atoms with van der Waals surface area (Å²) in [6.07, 6.45) is 0. The molecule has 0 saturated heterocycles. The number of benzene rings is 1. The molecule has 1 aromatic rings. The van der Waals surface area contributed by atoms with E-state index in [0.29, 0.717) is 5.69 Å². The molecule has 0 radical (unpaired) electrons. The predicted molar refractivity (Wildman–Crippen MR) is 54.8 cm³/mol. The quantitative estimate of drug-likeness (QED) is 0.484. The van der Waals surface area contributed by atoms with Crippen molar-refractivity contribution in [1.29, 1.82) is 0 Å². The molecule has 76 valence electrons. The van der Waals surface area contributed by atoms with Crippen LogP contribution in [-0.2, 0) is 9.53 Å².